The van der Waals surface area contributed by atoms with Crippen LogP contribution < -0.4 is 4.90 Å². The molecular weight excluding hydrogens is 440 g/mol. The van der Waals surface area contributed by atoms with Gasteiger partial charge >= 0.3 is 6.09 Å². The first-order valence-corrected chi connectivity index (χ1v) is 11.5. The van der Waals surface area contributed by atoms with E-state index >= 15 is 0 Å². The molecule has 1 amide bonds. The lowest BCUT2D eigenvalue weighted by atomic mass is 10.0. The third-order valence-electron chi connectivity index (χ3n) is 6.01. The summed E-state index contributed by atoms with van der Waals surface area (Å²) in [6.45, 7) is 5.80. The zero-order valence-corrected chi connectivity index (χ0v) is 19.5. The number of nitrogens with zero attached hydrogens (tertiary/aromatic N) is 4. The minimum atomic E-state index is -1.20. The average Bonchev–Trinajstić information content (AvgIpc) is 3.25. The maximum atomic E-state index is 12.2. The summed E-state index contributed by atoms with van der Waals surface area (Å²) < 4.78 is 0. The van der Waals surface area contributed by atoms with E-state index in [0.29, 0.717) is 0 Å². The molecule has 34 heavy (non-hydrogen) atoms. The molecule has 3 rings (SSSR count). The Hall–Kier alpha value is -3.69. The van der Waals surface area contributed by atoms with Crippen molar-refractivity contribution < 1.29 is 19.7 Å². The van der Waals surface area contributed by atoms with Gasteiger partial charge in [-0.15, -0.1) is 0 Å². The monoisotopic (exact) mass is 470 g/mol. The SMILES string of the molecule is CCCN(CCC)c1cc2c(cc1CN(Cc1cc([N+](=O)[O-])cc([N+](=O)[O-])c1)C(=O)O)CCC2. The van der Waals surface area contributed by atoms with Gasteiger partial charge in [-0.25, -0.2) is 4.79 Å². The summed E-state index contributed by atoms with van der Waals surface area (Å²) in [5, 5.41) is 32.4. The highest BCUT2D eigenvalue weighted by atomic mass is 16.6. The van der Waals surface area contributed by atoms with Crippen molar-refractivity contribution in [3.05, 3.63) is 72.8 Å². The van der Waals surface area contributed by atoms with Crippen LogP contribution in [-0.2, 0) is 25.9 Å². The number of hydrogen-bond donors (Lipinski definition) is 1. The number of non-ortho nitro benzene ring substituents is 2. The summed E-state index contributed by atoms with van der Waals surface area (Å²) >= 11 is 0. The second-order valence-electron chi connectivity index (χ2n) is 8.60. The Bertz CT molecular complexity index is 1050. The van der Waals surface area contributed by atoms with Crippen LogP contribution in [0, 0.1) is 20.2 Å². The quantitative estimate of drug-likeness (QED) is 0.348. The van der Waals surface area contributed by atoms with E-state index in [1.54, 1.807) is 0 Å². The van der Waals surface area contributed by atoms with E-state index in [0.717, 1.165) is 67.4 Å². The van der Waals surface area contributed by atoms with E-state index in [9.17, 15) is 30.1 Å². The van der Waals surface area contributed by atoms with Crippen molar-refractivity contribution in [1.82, 2.24) is 4.90 Å². The Balaban J connectivity index is 1.98. The molecule has 0 unspecified atom stereocenters. The lowest BCUT2D eigenvalue weighted by Gasteiger charge is -2.29. The summed E-state index contributed by atoms with van der Waals surface area (Å²) in [7, 11) is 0. The molecule has 0 fully saturated rings. The zero-order valence-electron chi connectivity index (χ0n) is 19.5. The van der Waals surface area contributed by atoms with Gasteiger partial charge in [0.2, 0.25) is 0 Å². The number of hydrogen-bond acceptors (Lipinski definition) is 6. The fraction of sp³-hybridized carbons (Fsp3) is 0.458. The fourth-order valence-corrected chi connectivity index (χ4v) is 4.55. The fourth-order valence-electron chi connectivity index (χ4n) is 4.55. The van der Waals surface area contributed by atoms with Crippen LogP contribution in [0.1, 0.15) is 55.4 Å². The summed E-state index contributed by atoms with van der Waals surface area (Å²) in [4.78, 5) is 36.6. The number of benzene rings is 2. The molecule has 0 saturated carbocycles. The third kappa shape index (κ3) is 5.81. The maximum Gasteiger partial charge on any atom is 0.407 e. The first-order chi connectivity index (χ1) is 16.2. The number of carbonyl (C=O) groups is 1. The highest BCUT2D eigenvalue weighted by Crippen LogP contribution is 2.33. The van der Waals surface area contributed by atoms with E-state index in [1.807, 2.05) is 0 Å². The summed E-state index contributed by atoms with van der Waals surface area (Å²) in [6.07, 6.45) is 3.74. The standard InChI is InChI=1S/C24H30N4O6/c1-3-8-25(9-4-2)23-13-19-7-5-6-18(19)12-20(23)16-26(24(29)30)15-17-10-21(27(31)32)14-22(11-17)28(33)34/h10-14H,3-9,15-16H2,1-2H3,(H,29,30). The van der Waals surface area contributed by atoms with Crippen molar-refractivity contribution in [3.63, 3.8) is 0 Å². The zero-order chi connectivity index (χ0) is 24.8. The summed E-state index contributed by atoms with van der Waals surface area (Å²) in [6, 6.07) is 7.52. The molecular formula is C24H30N4O6. The second kappa shape index (κ2) is 11.0. The van der Waals surface area contributed by atoms with Crippen molar-refractivity contribution in [2.45, 2.75) is 59.0 Å². The Kier molecular flexibility index (Phi) is 8.04. The van der Waals surface area contributed by atoms with Crippen molar-refractivity contribution in [3.8, 4) is 0 Å². The minimum Gasteiger partial charge on any atom is -0.465 e. The van der Waals surface area contributed by atoms with Crippen LogP contribution in [0.5, 0.6) is 0 Å². The lowest BCUT2D eigenvalue weighted by Crippen LogP contribution is -2.31. The van der Waals surface area contributed by atoms with Crippen LogP contribution in [0.25, 0.3) is 0 Å². The molecule has 1 aliphatic rings. The Morgan fingerprint density at radius 3 is 1.97 bits per heavy atom. The molecule has 0 saturated heterocycles. The van der Waals surface area contributed by atoms with E-state index < -0.39 is 27.3 Å². The van der Waals surface area contributed by atoms with Gasteiger partial charge < -0.3 is 10.0 Å². The third-order valence-corrected chi connectivity index (χ3v) is 6.01. The van der Waals surface area contributed by atoms with Crippen LogP contribution in [0.2, 0.25) is 0 Å². The molecule has 182 valence electrons. The molecule has 2 aromatic rings. The first kappa shape index (κ1) is 24.9. The van der Waals surface area contributed by atoms with Crippen LogP contribution in [-0.4, -0.2) is 39.0 Å². The molecule has 1 N–H and O–H groups in total. The Morgan fingerprint density at radius 2 is 1.47 bits per heavy atom. The predicted octanol–water partition coefficient (Wildman–Crippen LogP) is 5.30. The van der Waals surface area contributed by atoms with Gasteiger partial charge in [-0.3, -0.25) is 25.1 Å². The summed E-state index contributed by atoms with van der Waals surface area (Å²) in [5.41, 5.74) is 3.74. The van der Waals surface area contributed by atoms with Crippen molar-refractivity contribution in [2.24, 2.45) is 0 Å². The number of aryl methyl sites for hydroxylation is 2. The normalized spacial score (nSPS) is 12.3. The van der Waals surface area contributed by atoms with Gasteiger partial charge in [0, 0.05) is 37.5 Å². The van der Waals surface area contributed by atoms with Crippen molar-refractivity contribution in [1.29, 1.82) is 0 Å². The van der Waals surface area contributed by atoms with Gasteiger partial charge in [-0.2, -0.15) is 0 Å². The van der Waals surface area contributed by atoms with E-state index in [1.165, 1.54) is 23.3 Å². The highest BCUT2D eigenvalue weighted by molar-refractivity contribution is 5.67. The molecule has 1 aliphatic carbocycles. The van der Waals surface area contributed by atoms with E-state index in [2.05, 4.69) is 30.9 Å². The molecule has 0 aliphatic heterocycles. The average molecular weight is 471 g/mol. The van der Waals surface area contributed by atoms with Crippen molar-refractivity contribution in [2.75, 3.05) is 18.0 Å². The van der Waals surface area contributed by atoms with E-state index in [-0.39, 0.29) is 18.7 Å². The van der Waals surface area contributed by atoms with Gasteiger partial charge in [-0.05, 0) is 60.4 Å². The molecule has 10 nitrogen and oxygen atoms in total. The molecule has 0 aromatic heterocycles. The predicted molar refractivity (Wildman–Crippen MR) is 128 cm³/mol. The summed E-state index contributed by atoms with van der Waals surface area (Å²) in [5.74, 6) is 0. The minimum absolute atomic E-state index is 0.0817. The Labute approximate surface area is 198 Å². The van der Waals surface area contributed by atoms with Gasteiger partial charge in [0.05, 0.1) is 22.5 Å². The lowest BCUT2D eigenvalue weighted by molar-refractivity contribution is -0.394. The largest absolute Gasteiger partial charge is 0.465 e. The van der Waals surface area contributed by atoms with Gasteiger partial charge in [0.25, 0.3) is 11.4 Å². The molecule has 0 bridgehead atoms. The first-order valence-electron chi connectivity index (χ1n) is 11.5. The molecule has 2 aromatic carbocycles. The highest BCUT2D eigenvalue weighted by Gasteiger charge is 2.23. The number of amides is 1. The van der Waals surface area contributed by atoms with Crippen LogP contribution in [0.15, 0.2) is 30.3 Å². The maximum absolute atomic E-state index is 12.2. The van der Waals surface area contributed by atoms with E-state index in [4.69, 9.17) is 0 Å². The number of nitro benzene ring substituents is 2. The topological polar surface area (TPSA) is 130 Å². The second-order valence-corrected chi connectivity index (χ2v) is 8.60. The smallest absolute Gasteiger partial charge is 0.407 e. The number of anilines is 1. The molecule has 0 atom stereocenters. The Morgan fingerprint density at radius 1 is 0.912 bits per heavy atom. The van der Waals surface area contributed by atoms with Gasteiger partial charge in [0.1, 0.15) is 0 Å². The number of fused-ring (bicyclic) bond motifs is 1. The molecule has 0 spiro atoms. The number of nitro groups is 2. The van der Waals surface area contributed by atoms with Crippen LogP contribution in [0.4, 0.5) is 21.9 Å². The van der Waals surface area contributed by atoms with Crippen molar-refractivity contribution >= 4 is 23.2 Å². The van der Waals surface area contributed by atoms with Gasteiger partial charge in [0.15, 0.2) is 0 Å². The number of carboxylic acid groups (broad SMARTS) is 1. The van der Waals surface area contributed by atoms with Crippen LogP contribution >= 0.6 is 0 Å². The number of rotatable bonds is 11. The molecule has 0 heterocycles. The van der Waals surface area contributed by atoms with Crippen LogP contribution in [0.3, 0.4) is 0 Å². The molecule has 10 heteroatoms. The molecule has 0 radical (unpaired) electrons. The van der Waals surface area contributed by atoms with Gasteiger partial charge in [-0.1, -0.05) is 19.9 Å².